The third-order valence-corrected chi connectivity index (χ3v) is 4.82. The maximum absolute atomic E-state index is 11.8. The molecule has 0 aliphatic heterocycles. The molecule has 0 spiro atoms. The number of benzene rings is 2. The van der Waals surface area contributed by atoms with Crippen molar-refractivity contribution >= 4 is 23.6 Å². The van der Waals surface area contributed by atoms with E-state index in [1.807, 2.05) is 56.3 Å². The topological polar surface area (TPSA) is 64.6 Å². The molecule has 0 saturated heterocycles. The highest BCUT2D eigenvalue weighted by atomic mass is 32.2. The van der Waals surface area contributed by atoms with Crippen molar-refractivity contribution in [3.63, 3.8) is 0 Å². The number of hydrogen-bond donors (Lipinski definition) is 1. The summed E-state index contributed by atoms with van der Waals surface area (Å²) in [4.78, 5) is 24.6. The lowest BCUT2D eigenvalue weighted by molar-refractivity contribution is -0.145. The average Bonchev–Trinajstić information content (AvgIpc) is 2.66. The van der Waals surface area contributed by atoms with Gasteiger partial charge in [0, 0.05) is 11.4 Å². The number of aryl methyl sites for hydroxylation is 2. The summed E-state index contributed by atoms with van der Waals surface area (Å²) in [5.41, 5.74) is 3.34. The molecular formula is C20H23NO4S. The van der Waals surface area contributed by atoms with Gasteiger partial charge in [0.1, 0.15) is 5.75 Å². The number of carbonyl (C=O) groups is 2. The highest BCUT2D eigenvalue weighted by Gasteiger charge is 2.09. The summed E-state index contributed by atoms with van der Waals surface area (Å²) < 4.78 is 10.1. The van der Waals surface area contributed by atoms with Gasteiger partial charge in [-0.2, -0.15) is 0 Å². The van der Waals surface area contributed by atoms with Crippen LogP contribution in [0.2, 0.25) is 0 Å². The molecule has 0 radical (unpaired) electrons. The zero-order valence-electron chi connectivity index (χ0n) is 15.2. The highest BCUT2D eigenvalue weighted by molar-refractivity contribution is 8.00. The fourth-order valence-corrected chi connectivity index (χ4v) is 2.92. The molecule has 0 bridgehead atoms. The average molecular weight is 373 g/mol. The van der Waals surface area contributed by atoms with Crippen molar-refractivity contribution in [1.29, 1.82) is 0 Å². The summed E-state index contributed by atoms with van der Waals surface area (Å²) in [7, 11) is 1.60. The minimum absolute atomic E-state index is 0.175. The number of amides is 1. The number of carbonyl (C=O) groups excluding carboxylic acids is 2. The smallest absolute Gasteiger partial charge is 0.316 e. The minimum Gasteiger partial charge on any atom is -0.497 e. The Hall–Kier alpha value is -2.47. The molecule has 1 amide bonds. The molecule has 0 heterocycles. The van der Waals surface area contributed by atoms with Crippen molar-refractivity contribution in [2.24, 2.45) is 0 Å². The van der Waals surface area contributed by atoms with E-state index in [9.17, 15) is 9.59 Å². The zero-order chi connectivity index (χ0) is 18.9. The molecule has 5 nitrogen and oxygen atoms in total. The van der Waals surface area contributed by atoms with Crippen LogP contribution in [0.5, 0.6) is 5.75 Å². The number of methoxy groups -OCH3 is 1. The fourth-order valence-electron chi connectivity index (χ4n) is 2.13. The van der Waals surface area contributed by atoms with Crippen LogP contribution in [0.25, 0.3) is 0 Å². The predicted octanol–water partition coefficient (Wildman–Crippen LogP) is 3.26. The van der Waals surface area contributed by atoms with E-state index in [1.54, 1.807) is 7.11 Å². The van der Waals surface area contributed by atoms with Crippen molar-refractivity contribution in [3.05, 3.63) is 59.2 Å². The molecule has 1 N–H and O–H groups in total. The zero-order valence-corrected chi connectivity index (χ0v) is 16.0. The van der Waals surface area contributed by atoms with Crippen LogP contribution < -0.4 is 10.1 Å². The van der Waals surface area contributed by atoms with Crippen molar-refractivity contribution in [2.45, 2.75) is 25.3 Å². The van der Waals surface area contributed by atoms with Crippen molar-refractivity contribution in [2.75, 3.05) is 19.5 Å². The van der Waals surface area contributed by atoms with E-state index in [4.69, 9.17) is 9.47 Å². The Labute approximate surface area is 158 Å². The first kappa shape index (κ1) is 19.8. The maximum atomic E-state index is 11.8. The number of esters is 1. The van der Waals surface area contributed by atoms with Crippen molar-refractivity contribution in [1.82, 2.24) is 5.32 Å². The summed E-state index contributed by atoms with van der Waals surface area (Å²) in [5, 5.41) is 2.72. The number of rotatable bonds is 8. The monoisotopic (exact) mass is 373 g/mol. The second-order valence-corrected chi connectivity index (χ2v) is 6.87. The standard InChI is InChI=1S/C20H23NO4S/c1-14-4-9-18(10-15(14)2)26-13-20(23)25-12-19(22)21-11-16-5-7-17(24-3)8-6-16/h4-10H,11-13H2,1-3H3,(H,21,22). The van der Waals surface area contributed by atoms with E-state index in [1.165, 1.54) is 22.9 Å². The first-order valence-electron chi connectivity index (χ1n) is 8.23. The maximum Gasteiger partial charge on any atom is 0.316 e. The van der Waals surface area contributed by atoms with Gasteiger partial charge < -0.3 is 14.8 Å². The third kappa shape index (κ3) is 6.44. The molecule has 26 heavy (non-hydrogen) atoms. The Kier molecular flexibility index (Phi) is 7.53. The second-order valence-electron chi connectivity index (χ2n) is 5.82. The Balaban J connectivity index is 1.67. The normalized spacial score (nSPS) is 10.3. The summed E-state index contributed by atoms with van der Waals surface area (Å²) in [5.74, 6) is 0.197. The van der Waals surface area contributed by atoms with Gasteiger partial charge in [-0.05, 0) is 54.8 Å². The van der Waals surface area contributed by atoms with Gasteiger partial charge in [0.25, 0.3) is 5.91 Å². The van der Waals surface area contributed by atoms with Gasteiger partial charge in [-0.25, -0.2) is 0 Å². The Bertz CT molecular complexity index is 759. The van der Waals surface area contributed by atoms with Crippen molar-refractivity contribution < 1.29 is 19.1 Å². The largest absolute Gasteiger partial charge is 0.497 e. The molecule has 2 rings (SSSR count). The van der Waals surface area contributed by atoms with E-state index in [2.05, 4.69) is 5.32 Å². The Morgan fingerprint density at radius 3 is 2.42 bits per heavy atom. The van der Waals surface area contributed by atoms with E-state index < -0.39 is 5.97 Å². The van der Waals surface area contributed by atoms with Crippen LogP contribution in [0.15, 0.2) is 47.4 Å². The van der Waals surface area contributed by atoms with Crippen LogP contribution in [0.4, 0.5) is 0 Å². The predicted molar refractivity (Wildman–Crippen MR) is 102 cm³/mol. The van der Waals surface area contributed by atoms with E-state index in [0.717, 1.165) is 16.2 Å². The van der Waals surface area contributed by atoms with Crippen LogP contribution >= 0.6 is 11.8 Å². The molecule has 0 aliphatic carbocycles. The third-order valence-electron chi connectivity index (χ3n) is 3.85. The molecule has 0 aliphatic rings. The first-order valence-corrected chi connectivity index (χ1v) is 9.22. The molecule has 138 valence electrons. The van der Waals surface area contributed by atoms with E-state index in [-0.39, 0.29) is 18.3 Å². The molecule has 6 heteroatoms. The lowest BCUT2D eigenvalue weighted by Gasteiger charge is -2.08. The number of nitrogens with one attached hydrogen (secondary N) is 1. The highest BCUT2D eigenvalue weighted by Crippen LogP contribution is 2.21. The molecule has 2 aromatic rings. The van der Waals surface area contributed by atoms with Gasteiger partial charge in [-0.3, -0.25) is 9.59 Å². The van der Waals surface area contributed by atoms with E-state index in [0.29, 0.717) is 6.54 Å². The molecule has 2 aromatic carbocycles. The second kappa shape index (κ2) is 9.87. The van der Waals surface area contributed by atoms with Gasteiger partial charge in [0.2, 0.25) is 0 Å². The fraction of sp³-hybridized carbons (Fsp3) is 0.300. The molecule has 0 fully saturated rings. The summed E-state index contributed by atoms with van der Waals surface area (Å²) in [6.45, 7) is 4.17. The van der Waals surface area contributed by atoms with Crippen LogP contribution in [0, 0.1) is 13.8 Å². The van der Waals surface area contributed by atoms with Gasteiger partial charge in [-0.1, -0.05) is 18.2 Å². The van der Waals surface area contributed by atoms with Crippen LogP contribution in [0.1, 0.15) is 16.7 Å². The van der Waals surface area contributed by atoms with Gasteiger partial charge in [-0.15, -0.1) is 11.8 Å². The number of hydrogen-bond acceptors (Lipinski definition) is 5. The summed E-state index contributed by atoms with van der Waals surface area (Å²) in [6, 6.07) is 13.4. The number of ether oxygens (including phenoxy) is 2. The van der Waals surface area contributed by atoms with Crippen molar-refractivity contribution in [3.8, 4) is 5.75 Å². The first-order chi connectivity index (χ1) is 12.5. The lowest BCUT2D eigenvalue weighted by Crippen LogP contribution is -2.28. The van der Waals surface area contributed by atoms with Crippen LogP contribution in [-0.4, -0.2) is 31.3 Å². The van der Waals surface area contributed by atoms with Gasteiger partial charge >= 0.3 is 5.97 Å². The van der Waals surface area contributed by atoms with Gasteiger partial charge in [0.05, 0.1) is 12.9 Å². The molecule has 0 atom stereocenters. The summed E-state index contributed by atoms with van der Waals surface area (Å²) in [6.07, 6.45) is 0. The quantitative estimate of drug-likeness (QED) is 0.568. The Morgan fingerprint density at radius 2 is 1.77 bits per heavy atom. The molecule has 0 saturated carbocycles. The van der Waals surface area contributed by atoms with Gasteiger partial charge in [0.15, 0.2) is 6.61 Å². The summed E-state index contributed by atoms with van der Waals surface area (Å²) >= 11 is 1.40. The SMILES string of the molecule is COc1ccc(CNC(=O)COC(=O)CSc2ccc(C)c(C)c2)cc1. The number of thioether (sulfide) groups is 1. The molecule has 0 unspecified atom stereocenters. The Morgan fingerprint density at radius 1 is 1.04 bits per heavy atom. The van der Waals surface area contributed by atoms with E-state index >= 15 is 0 Å². The van der Waals surface area contributed by atoms with Crippen LogP contribution in [-0.2, 0) is 20.9 Å². The minimum atomic E-state index is -0.409. The molecular weight excluding hydrogens is 350 g/mol. The van der Waals surface area contributed by atoms with Crippen LogP contribution in [0.3, 0.4) is 0 Å². The molecule has 0 aromatic heterocycles. The lowest BCUT2D eigenvalue weighted by atomic mass is 10.1.